The molecule has 2 rings (SSSR count). The molecule has 1 aliphatic rings. The predicted octanol–water partition coefficient (Wildman–Crippen LogP) is 2.99. The van der Waals surface area contributed by atoms with Crippen molar-refractivity contribution in [3.8, 4) is 0 Å². The lowest BCUT2D eigenvalue weighted by molar-refractivity contribution is -0.138. The number of alkyl halides is 6. The fourth-order valence-electron chi connectivity index (χ4n) is 2.46. The number of halogens is 6. The van der Waals surface area contributed by atoms with Crippen LogP contribution in [0.5, 0.6) is 0 Å². The molecule has 0 aromatic heterocycles. The number of amides is 1. The minimum atomic E-state index is -4.43. The molecular weight excluding hydrogens is 392 g/mol. The molecular formula is C17H19F6N3O2. The normalized spacial score (nSPS) is 15.4. The summed E-state index contributed by atoms with van der Waals surface area (Å²) in [5.41, 5.74) is 2.84. The van der Waals surface area contributed by atoms with E-state index >= 15 is 0 Å². The maximum absolute atomic E-state index is 12.7. The van der Waals surface area contributed by atoms with E-state index < -0.39 is 36.9 Å². The fraction of sp³-hybridized carbons (Fsp3) is 0.471. The highest BCUT2D eigenvalue weighted by molar-refractivity contribution is 5.78. The van der Waals surface area contributed by atoms with Gasteiger partial charge in [0.1, 0.15) is 0 Å². The number of carbonyl (C=O) groups excluding carboxylic acids is 1. The second kappa shape index (κ2) is 9.28. The topological polar surface area (TPSA) is 53.6 Å². The first-order chi connectivity index (χ1) is 13.0. The lowest BCUT2D eigenvalue weighted by atomic mass is 10.1. The van der Waals surface area contributed by atoms with Crippen LogP contribution in [0.25, 0.3) is 0 Å². The Morgan fingerprint density at radius 2 is 1.93 bits per heavy atom. The molecule has 0 spiro atoms. The van der Waals surface area contributed by atoms with Gasteiger partial charge >= 0.3 is 12.4 Å². The highest BCUT2D eigenvalue weighted by Crippen LogP contribution is 2.29. The summed E-state index contributed by atoms with van der Waals surface area (Å²) < 4.78 is 74.1. The fourth-order valence-corrected chi connectivity index (χ4v) is 2.46. The molecule has 2 N–H and O–H groups in total. The second-order valence-corrected chi connectivity index (χ2v) is 6.13. The maximum Gasteiger partial charge on any atom is 0.416 e. The first-order valence-corrected chi connectivity index (χ1v) is 8.33. The Kier molecular flexibility index (Phi) is 7.30. The number of nitrogens with one attached hydrogen (secondary N) is 2. The van der Waals surface area contributed by atoms with Crippen molar-refractivity contribution in [3.05, 3.63) is 47.2 Å². The van der Waals surface area contributed by atoms with E-state index in [9.17, 15) is 31.1 Å². The van der Waals surface area contributed by atoms with Crippen molar-refractivity contribution in [2.24, 2.45) is 0 Å². The Labute approximate surface area is 157 Å². The Hall–Kier alpha value is -2.27. The summed E-state index contributed by atoms with van der Waals surface area (Å²) in [6, 6.07) is 4.75. The Balaban J connectivity index is 1.73. The zero-order chi connectivity index (χ0) is 20.8. The summed E-state index contributed by atoms with van der Waals surface area (Å²) in [5.74, 6) is -0.454. The molecule has 0 radical (unpaired) electrons. The highest BCUT2D eigenvalue weighted by Gasteiger charge is 2.30. The van der Waals surface area contributed by atoms with E-state index in [1.54, 1.807) is 6.08 Å². The number of hydrogen-bond acceptors (Lipinski definition) is 4. The summed E-state index contributed by atoms with van der Waals surface area (Å²) in [7, 11) is 0. The van der Waals surface area contributed by atoms with Gasteiger partial charge in [0.15, 0.2) is 0 Å². The van der Waals surface area contributed by atoms with Crippen LogP contribution in [-0.2, 0) is 22.4 Å². The van der Waals surface area contributed by atoms with E-state index in [4.69, 9.17) is 4.84 Å². The van der Waals surface area contributed by atoms with Crippen molar-refractivity contribution in [2.75, 3.05) is 26.2 Å². The van der Waals surface area contributed by atoms with Crippen LogP contribution in [0, 0.1) is 0 Å². The molecule has 0 bridgehead atoms. The Bertz CT molecular complexity index is 703. The number of nitrogens with zero attached hydrogens (tertiary/aromatic N) is 1. The third kappa shape index (κ3) is 7.39. The molecule has 1 aliphatic heterocycles. The van der Waals surface area contributed by atoms with Gasteiger partial charge in [0.2, 0.25) is 5.91 Å². The van der Waals surface area contributed by atoms with Crippen LogP contribution in [0.1, 0.15) is 17.5 Å². The van der Waals surface area contributed by atoms with Crippen LogP contribution < -0.4 is 10.8 Å². The smallest absolute Gasteiger partial charge is 0.337 e. The lowest BCUT2D eigenvalue weighted by Gasteiger charge is -2.27. The van der Waals surface area contributed by atoms with Gasteiger partial charge in [-0.1, -0.05) is 12.1 Å². The average Bonchev–Trinajstić information content (AvgIpc) is 2.61. The summed E-state index contributed by atoms with van der Waals surface area (Å²) in [6.45, 7) is -1.26. The van der Waals surface area contributed by atoms with Crippen LogP contribution >= 0.6 is 0 Å². The molecule has 1 aromatic carbocycles. The standard InChI is InChI=1S/C17H19F6N3O2/c18-16(19,20)11-24-9-15(27)26-6-4-14(5-7-26)25-28-10-12-2-1-3-13(8-12)17(21,22)23/h1-4,8,24-25H,5-7,9-11H2. The first kappa shape index (κ1) is 22.0. The quantitative estimate of drug-likeness (QED) is 0.535. The van der Waals surface area contributed by atoms with Gasteiger partial charge in [-0.2, -0.15) is 26.3 Å². The molecule has 0 fully saturated rings. The van der Waals surface area contributed by atoms with Crippen molar-refractivity contribution < 1.29 is 36.0 Å². The zero-order valence-corrected chi connectivity index (χ0v) is 14.7. The van der Waals surface area contributed by atoms with Crippen molar-refractivity contribution in [2.45, 2.75) is 25.4 Å². The van der Waals surface area contributed by atoms with Crippen molar-refractivity contribution in [1.82, 2.24) is 15.7 Å². The number of benzene rings is 1. The largest absolute Gasteiger partial charge is 0.416 e. The molecule has 5 nitrogen and oxygen atoms in total. The van der Waals surface area contributed by atoms with Gasteiger partial charge in [-0.05, 0) is 23.8 Å². The van der Waals surface area contributed by atoms with E-state index in [2.05, 4.69) is 5.48 Å². The minimum Gasteiger partial charge on any atom is -0.337 e. The average molecular weight is 411 g/mol. The summed E-state index contributed by atoms with van der Waals surface area (Å²) >= 11 is 0. The van der Waals surface area contributed by atoms with Gasteiger partial charge in [0.05, 0.1) is 25.3 Å². The highest BCUT2D eigenvalue weighted by atomic mass is 19.4. The van der Waals surface area contributed by atoms with Gasteiger partial charge in [0.25, 0.3) is 0 Å². The van der Waals surface area contributed by atoms with Crippen molar-refractivity contribution in [3.63, 3.8) is 0 Å². The van der Waals surface area contributed by atoms with Gasteiger partial charge in [-0.25, -0.2) is 0 Å². The summed E-state index contributed by atoms with van der Waals surface area (Å²) in [6.07, 6.45) is -6.79. The van der Waals surface area contributed by atoms with E-state index in [1.165, 1.54) is 17.0 Å². The molecule has 1 heterocycles. The maximum atomic E-state index is 12.7. The third-order valence-corrected chi connectivity index (χ3v) is 3.86. The molecule has 11 heteroatoms. The molecule has 28 heavy (non-hydrogen) atoms. The van der Waals surface area contributed by atoms with E-state index in [-0.39, 0.29) is 19.7 Å². The van der Waals surface area contributed by atoms with Crippen LogP contribution in [0.3, 0.4) is 0 Å². The summed E-state index contributed by atoms with van der Waals surface area (Å²) in [5, 5.41) is 2.04. The predicted molar refractivity (Wildman–Crippen MR) is 87.6 cm³/mol. The monoisotopic (exact) mass is 411 g/mol. The zero-order valence-electron chi connectivity index (χ0n) is 14.7. The lowest BCUT2D eigenvalue weighted by Crippen LogP contribution is -2.43. The minimum absolute atomic E-state index is 0.0920. The summed E-state index contributed by atoms with van der Waals surface area (Å²) in [4.78, 5) is 18.4. The number of hydrogen-bond donors (Lipinski definition) is 2. The molecule has 0 saturated carbocycles. The van der Waals surface area contributed by atoms with Gasteiger partial charge in [0, 0.05) is 25.2 Å². The molecule has 0 atom stereocenters. The molecule has 0 aliphatic carbocycles. The van der Waals surface area contributed by atoms with Crippen LogP contribution in [0.15, 0.2) is 36.0 Å². The van der Waals surface area contributed by atoms with Crippen LogP contribution in [0.2, 0.25) is 0 Å². The van der Waals surface area contributed by atoms with E-state index in [1.807, 2.05) is 5.32 Å². The Morgan fingerprint density at radius 1 is 1.18 bits per heavy atom. The Morgan fingerprint density at radius 3 is 2.54 bits per heavy atom. The van der Waals surface area contributed by atoms with Crippen LogP contribution in [0.4, 0.5) is 26.3 Å². The van der Waals surface area contributed by atoms with E-state index in [0.29, 0.717) is 17.7 Å². The van der Waals surface area contributed by atoms with Gasteiger partial charge in [-0.15, -0.1) is 0 Å². The molecule has 1 aromatic rings. The molecule has 1 amide bonds. The van der Waals surface area contributed by atoms with Gasteiger partial charge < -0.3 is 10.2 Å². The van der Waals surface area contributed by atoms with E-state index in [0.717, 1.165) is 12.1 Å². The molecule has 156 valence electrons. The number of carbonyl (C=O) groups is 1. The third-order valence-electron chi connectivity index (χ3n) is 3.86. The SMILES string of the molecule is O=C(CNCC(F)(F)F)N1CC=C(NOCc2cccc(C(F)(F)F)c2)CC1. The molecule has 0 saturated heterocycles. The van der Waals surface area contributed by atoms with Crippen LogP contribution in [-0.4, -0.2) is 43.2 Å². The number of rotatable bonds is 7. The van der Waals surface area contributed by atoms with Crippen molar-refractivity contribution in [1.29, 1.82) is 0 Å². The van der Waals surface area contributed by atoms with Gasteiger partial charge in [-0.3, -0.25) is 15.1 Å². The van der Waals surface area contributed by atoms with Crippen molar-refractivity contribution >= 4 is 5.91 Å². The second-order valence-electron chi connectivity index (χ2n) is 6.13. The molecule has 0 unspecified atom stereocenters. The number of hydroxylamine groups is 1. The first-order valence-electron chi connectivity index (χ1n) is 8.33.